The molecular formula is C22H19BrN6O4. The highest BCUT2D eigenvalue weighted by Gasteiger charge is 2.16. The van der Waals surface area contributed by atoms with Gasteiger partial charge < -0.3 is 9.30 Å². The number of hydrogen-bond acceptors (Lipinski definition) is 7. The maximum Gasteiger partial charge on any atom is 0.344 e. The van der Waals surface area contributed by atoms with Crippen LogP contribution in [-0.4, -0.2) is 30.9 Å². The summed E-state index contributed by atoms with van der Waals surface area (Å²) in [5.41, 5.74) is 3.61. The fourth-order valence-corrected chi connectivity index (χ4v) is 3.64. The van der Waals surface area contributed by atoms with Crippen LogP contribution in [0.4, 0.5) is 5.95 Å². The first-order chi connectivity index (χ1) is 15.8. The Hall–Kier alpha value is -3.99. The van der Waals surface area contributed by atoms with Gasteiger partial charge >= 0.3 is 11.7 Å². The molecule has 0 unspecified atom stereocenters. The van der Waals surface area contributed by atoms with Crippen molar-refractivity contribution in [3.05, 3.63) is 85.0 Å². The molecule has 0 spiro atoms. The van der Waals surface area contributed by atoms with Crippen LogP contribution in [0.2, 0.25) is 0 Å². The summed E-state index contributed by atoms with van der Waals surface area (Å²) in [5, 5.41) is 4.15. The van der Waals surface area contributed by atoms with Crippen molar-refractivity contribution in [2.75, 3.05) is 5.43 Å². The number of esters is 1. The van der Waals surface area contributed by atoms with Gasteiger partial charge in [0.1, 0.15) is 5.75 Å². The molecule has 0 fully saturated rings. The predicted octanol–water partition coefficient (Wildman–Crippen LogP) is 2.40. The van der Waals surface area contributed by atoms with E-state index in [-0.39, 0.29) is 11.2 Å². The number of imidazole rings is 1. The number of benzene rings is 2. The summed E-state index contributed by atoms with van der Waals surface area (Å²) in [6.45, 7) is 0. The van der Waals surface area contributed by atoms with E-state index in [0.717, 1.165) is 10.1 Å². The fourth-order valence-electron chi connectivity index (χ4n) is 3.19. The molecule has 33 heavy (non-hydrogen) atoms. The maximum absolute atomic E-state index is 12.4. The molecule has 0 saturated carbocycles. The molecule has 0 aliphatic heterocycles. The van der Waals surface area contributed by atoms with Gasteiger partial charge in [-0.15, -0.1) is 0 Å². The molecule has 1 N–H and O–H groups in total. The molecule has 2 aromatic carbocycles. The molecule has 2 aromatic heterocycles. The van der Waals surface area contributed by atoms with Crippen molar-refractivity contribution < 1.29 is 9.53 Å². The third kappa shape index (κ3) is 4.22. The largest absolute Gasteiger partial charge is 0.423 e. The second-order valence-corrected chi connectivity index (χ2v) is 8.04. The van der Waals surface area contributed by atoms with E-state index < -0.39 is 17.2 Å². The summed E-state index contributed by atoms with van der Waals surface area (Å²) in [5.74, 6) is 0.236. The van der Waals surface area contributed by atoms with E-state index in [1.807, 2.05) is 6.07 Å². The van der Waals surface area contributed by atoms with Gasteiger partial charge in [0.05, 0.1) is 11.8 Å². The normalized spacial score (nSPS) is 11.3. The number of hydrogen-bond donors (Lipinski definition) is 1. The minimum atomic E-state index is -0.465. The summed E-state index contributed by atoms with van der Waals surface area (Å²) >= 11 is 3.33. The minimum absolute atomic E-state index is 0.263. The molecule has 10 nitrogen and oxygen atoms in total. The van der Waals surface area contributed by atoms with Gasteiger partial charge in [0.2, 0.25) is 5.95 Å². The maximum atomic E-state index is 12.4. The van der Waals surface area contributed by atoms with E-state index >= 15 is 0 Å². The molecular weight excluding hydrogens is 492 g/mol. The lowest BCUT2D eigenvalue weighted by molar-refractivity contribution is 0.0734. The molecule has 0 radical (unpaired) electrons. The summed E-state index contributed by atoms with van der Waals surface area (Å²) in [4.78, 5) is 41.2. The number of anilines is 1. The number of aryl methyl sites for hydroxylation is 2. The van der Waals surface area contributed by atoms with E-state index in [1.165, 1.54) is 11.6 Å². The van der Waals surface area contributed by atoms with Gasteiger partial charge in [-0.3, -0.25) is 13.9 Å². The molecule has 0 aliphatic rings. The zero-order valence-corrected chi connectivity index (χ0v) is 19.5. The number of nitrogens with zero attached hydrogens (tertiary/aromatic N) is 5. The molecule has 0 aliphatic carbocycles. The molecule has 0 atom stereocenters. The fraction of sp³-hybridized carbons (Fsp3) is 0.136. The quantitative estimate of drug-likeness (QED) is 0.191. The Balaban J connectivity index is 1.48. The Labute approximate surface area is 195 Å². The van der Waals surface area contributed by atoms with Crippen LogP contribution in [0.25, 0.3) is 11.2 Å². The lowest BCUT2D eigenvalue weighted by Crippen LogP contribution is -2.37. The zero-order chi connectivity index (χ0) is 23.7. The average Bonchev–Trinajstić information content (AvgIpc) is 3.14. The van der Waals surface area contributed by atoms with E-state index in [4.69, 9.17) is 4.74 Å². The van der Waals surface area contributed by atoms with Crippen molar-refractivity contribution in [2.45, 2.75) is 0 Å². The first kappa shape index (κ1) is 22.2. The number of fused-ring (bicyclic) bond motifs is 1. The summed E-state index contributed by atoms with van der Waals surface area (Å²) in [6, 6.07) is 13.8. The van der Waals surface area contributed by atoms with Crippen LogP contribution < -0.4 is 21.4 Å². The molecule has 0 bridgehead atoms. The first-order valence-electron chi connectivity index (χ1n) is 9.76. The Kier molecular flexibility index (Phi) is 5.97. The van der Waals surface area contributed by atoms with Crippen molar-refractivity contribution in [2.24, 2.45) is 26.2 Å². The molecule has 168 valence electrons. The zero-order valence-electron chi connectivity index (χ0n) is 17.9. The SMILES string of the molecule is Cn1c(=O)c2c(nc(N/N=C/c3ccc(OC(=O)c4ccccc4Br)cc3)n2C)n(C)c1=O. The van der Waals surface area contributed by atoms with Gasteiger partial charge in [-0.25, -0.2) is 15.0 Å². The summed E-state index contributed by atoms with van der Waals surface area (Å²) in [6.07, 6.45) is 1.55. The second-order valence-electron chi connectivity index (χ2n) is 7.18. The number of ether oxygens (including phenoxy) is 1. The first-order valence-corrected chi connectivity index (χ1v) is 10.6. The molecule has 4 aromatic rings. The standard InChI is InChI=1S/C22H19BrN6O4/c1-27-17-18(28(2)22(32)29(3)19(17)30)25-21(27)26-24-12-13-8-10-14(11-9-13)33-20(31)15-6-4-5-7-16(15)23/h4-12H,1-3H3,(H,25,26)/b24-12+. The van der Waals surface area contributed by atoms with Crippen molar-refractivity contribution in [3.63, 3.8) is 0 Å². The lowest BCUT2D eigenvalue weighted by atomic mass is 10.2. The van der Waals surface area contributed by atoms with Gasteiger partial charge in [0, 0.05) is 25.6 Å². The van der Waals surface area contributed by atoms with Crippen LogP contribution in [-0.2, 0) is 21.1 Å². The van der Waals surface area contributed by atoms with E-state index in [0.29, 0.717) is 21.7 Å². The van der Waals surface area contributed by atoms with Crippen LogP contribution in [0.3, 0.4) is 0 Å². The van der Waals surface area contributed by atoms with Gasteiger partial charge in [-0.1, -0.05) is 12.1 Å². The van der Waals surface area contributed by atoms with Crippen LogP contribution >= 0.6 is 15.9 Å². The third-order valence-electron chi connectivity index (χ3n) is 5.04. The lowest BCUT2D eigenvalue weighted by Gasteiger charge is -2.06. The number of hydrazone groups is 1. The van der Waals surface area contributed by atoms with Gasteiger partial charge in [0.15, 0.2) is 11.2 Å². The minimum Gasteiger partial charge on any atom is -0.423 e. The van der Waals surface area contributed by atoms with Gasteiger partial charge in [-0.2, -0.15) is 10.1 Å². The van der Waals surface area contributed by atoms with Gasteiger partial charge in [0.25, 0.3) is 5.56 Å². The van der Waals surface area contributed by atoms with Crippen LogP contribution in [0.1, 0.15) is 15.9 Å². The number of carbonyl (C=O) groups excluding carboxylic acids is 1. The molecule has 0 amide bonds. The predicted molar refractivity (Wildman–Crippen MR) is 128 cm³/mol. The van der Waals surface area contributed by atoms with Crippen LogP contribution in [0.5, 0.6) is 5.75 Å². The topological polar surface area (TPSA) is 113 Å². The molecule has 0 saturated heterocycles. The summed E-state index contributed by atoms with van der Waals surface area (Å²) in [7, 11) is 4.63. The number of rotatable bonds is 5. The van der Waals surface area contributed by atoms with Crippen molar-refractivity contribution in [3.8, 4) is 5.75 Å². The number of aromatic nitrogens is 4. The molecule has 11 heteroatoms. The third-order valence-corrected chi connectivity index (χ3v) is 5.73. The highest BCUT2D eigenvalue weighted by molar-refractivity contribution is 9.10. The smallest absolute Gasteiger partial charge is 0.344 e. The van der Waals surface area contributed by atoms with E-state index in [1.54, 1.807) is 67.3 Å². The summed E-state index contributed by atoms with van der Waals surface area (Å²) < 4.78 is 9.93. The van der Waals surface area contributed by atoms with Crippen LogP contribution in [0, 0.1) is 0 Å². The Morgan fingerprint density at radius 1 is 1.03 bits per heavy atom. The Bertz CT molecular complexity index is 1520. The number of nitrogens with one attached hydrogen (secondary N) is 1. The Morgan fingerprint density at radius 3 is 2.42 bits per heavy atom. The molecule has 4 rings (SSSR count). The second kappa shape index (κ2) is 8.87. The number of halogens is 1. The van der Waals surface area contributed by atoms with E-state index in [2.05, 4.69) is 31.4 Å². The Morgan fingerprint density at radius 2 is 1.73 bits per heavy atom. The molecule has 2 heterocycles. The van der Waals surface area contributed by atoms with Crippen molar-refractivity contribution in [1.29, 1.82) is 0 Å². The van der Waals surface area contributed by atoms with Crippen molar-refractivity contribution >= 4 is 45.2 Å². The highest BCUT2D eigenvalue weighted by atomic mass is 79.9. The van der Waals surface area contributed by atoms with E-state index in [9.17, 15) is 14.4 Å². The average molecular weight is 511 g/mol. The van der Waals surface area contributed by atoms with Gasteiger partial charge in [-0.05, 0) is 57.9 Å². The van der Waals surface area contributed by atoms with Crippen molar-refractivity contribution in [1.82, 2.24) is 18.7 Å². The monoisotopic (exact) mass is 510 g/mol. The highest BCUT2D eigenvalue weighted by Crippen LogP contribution is 2.19. The van der Waals surface area contributed by atoms with Crippen LogP contribution in [0.15, 0.2) is 67.7 Å². The number of carbonyl (C=O) groups is 1.